The lowest BCUT2D eigenvalue weighted by molar-refractivity contribution is 0.0946. The minimum atomic E-state index is -0.198. The van der Waals surface area contributed by atoms with E-state index in [2.05, 4.69) is 15.3 Å². The standard InChI is InChI=1S/C18H17N3O2S/c1-12-21-16(18(22)20-11-14-5-3-4-10-19-14)17(24-12)13-6-8-15(23-2)9-7-13/h3-10H,11H2,1-2H3,(H,20,22). The predicted octanol–water partition coefficient (Wildman–Crippen LogP) is 3.45. The lowest BCUT2D eigenvalue weighted by Crippen LogP contribution is -2.24. The molecule has 122 valence electrons. The molecule has 0 radical (unpaired) electrons. The van der Waals surface area contributed by atoms with E-state index < -0.39 is 0 Å². The Bertz CT molecular complexity index is 829. The van der Waals surface area contributed by atoms with Gasteiger partial charge < -0.3 is 10.1 Å². The highest BCUT2D eigenvalue weighted by molar-refractivity contribution is 7.15. The van der Waals surface area contributed by atoms with Gasteiger partial charge in [0.15, 0.2) is 0 Å². The summed E-state index contributed by atoms with van der Waals surface area (Å²) in [5, 5.41) is 3.73. The summed E-state index contributed by atoms with van der Waals surface area (Å²) in [7, 11) is 1.63. The Kier molecular flexibility index (Phi) is 4.86. The molecule has 0 fully saturated rings. The van der Waals surface area contributed by atoms with Gasteiger partial charge in [-0.05, 0) is 48.9 Å². The Morgan fingerprint density at radius 1 is 1.21 bits per heavy atom. The summed E-state index contributed by atoms with van der Waals surface area (Å²) < 4.78 is 5.18. The fourth-order valence-corrected chi connectivity index (χ4v) is 3.20. The van der Waals surface area contributed by atoms with Gasteiger partial charge in [-0.2, -0.15) is 0 Å². The average Bonchev–Trinajstić information content (AvgIpc) is 3.02. The van der Waals surface area contributed by atoms with E-state index >= 15 is 0 Å². The molecule has 0 atom stereocenters. The number of amides is 1. The number of carbonyl (C=O) groups is 1. The van der Waals surface area contributed by atoms with Gasteiger partial charge in [-0.1, -0.05) is 6.07 Å². The molecule has 0 aliphatic heterocycles. The van der Waals surface area contributed by atoms with Crippen LogP contribution in [0.3, 0.4) is 0 Å². The molecule has 0 aliphatic rings. The van der Waals surface area contributed by atoms with Crippen LogP contribution in [0.5, 0.6) is 5.75 Å². The van der Waals surface area contributed by atoms with Crippen molar-refractivity contribution in [3.05, 3.63) is 65.1 Å². The van der Waals surface area contributed by atoms with Crippen molar-refractivity contribution in [1.29, 1.82) is 0 Å². The van der Waals surface area contributed by atoms with Gasteiger partial charge in [0.2, 0.25) is 0 Å². The summed E-state index contributed by atoms with van der Waals surface area (Å²) in [5.41, 5.74) is 2.20. The fourth-order valence-electron chi connectivity index (χ4n) is 2.28. The predicted molar refractivity (Wildman–Crippen MR) is 94.2 cm³/mol. The molecule has 3 aromatic rings. The summed E-state index contributed by atoms with van der Waals surface area (Å²) in [6.07, 6.45) is 1.71. The maximum absolute atomic E-state index is 12.5. The zero-order valence-corrected chi connectivity index (χ0v) is 14.3. The Balaban J connectivity index is 1.81. The number of hydrogen-bond donors (Lipinski definition) is 1. The van der Waals surface area contributed by atoms with E-state index in [1.54, 1.807) is 13.3 Å². The van der Waals surface area contributed by atoms with E-state index in [0.29, 0.717) is 12.2 Å². The van der Waals surface area contributed by atoms with Crippen LogP contribution in [0.2, 0.25) is 0 Å². The molecule has 1 N–H and O–H groups in total. The molecule has 0 bridgehead atoms. The molecule has 2 heterocycles. The van der Waals surface area contributed by atoms with Crippen molar-refractivity contribution in [2.45, 2.75) is 13.5 Å². The summed E-state index contributed by atoms with van der Waals surface area (Å²) in [6.45, 7) is 2.27. The highest BCUT2D eigenvalue weighted by Gasteiger charge is 2.18. The third-order valence-electron chi connectivity index (χ3n) is 3.46. The largest absolute Gasteiger partial charge is 0.497 e. The third-order valence-corrected chi connectivity index (χ3v) is 4.48. The van der Waals surface area contributed by atoms with Crippen LogP contribution < -0.4 is 10.1 Å². The van der Waals surface area contributed by atoms with Crippen molar-refractivity contribution in [1.82, 2.24) is 15.3 Å². The highest BCUT2D eigenvalue weighted by atomic mass is 32.1. The molecule has 2 aromatic heterocycles. The average molecular weight is 339 g/mol. The SMILES string of the molecule is COc1ccc(-c2sc(C)nc2C(=O)NCc2ccccn2)cc1. The van der Waals surface area contributed by atoms with Crippen molar-refractivity contribution in [3.8, 4) is 16.2 Å². The molecule has 1 aromatic carbocycles. The second kappa shape index (κ2) is 7.23. The van der Waals surface area contributed by atoms with Gasteiger partial charge in [0.1, 0.15) is 11.4 Å². The number of methoxy groups -OCH3 is 1. The first kappa shape index (κ1) is 16.1. The number of hydrogen-bond acceptors (Lipinski definition) is 5. The molecular weight excluding hydrogens is 322 g/mol. The van der Waals surface area contributed by atoms with Crippen LogP contribution >= 0.6 is 11.3 Å². The minimum Gasteiger partial charge on any atom is -0.497 e. The Morgan fingerprint density at radius 3 is 2.67 bits per heavy atom. The van der Waals surface area contributed by atoms with E-state index in [0.717, 1.165) is 26.9 Å². The van der Waals surface area contributed by atoms with Crippen molar-refractivity contribution in [2.24, 2.45) is 0 Å². The van der Waals surface area contributed by atoms with Crippen molar-refractivity contribution in [2.75, 3.05) is 7.11 Å². The number of nitrogens with zero attached hydrogens (tertiary/aromatic N) is 2. The summed E-state index contributed by atoms with van der Waals surface area (Å²) >= 11 is 1.50. The van der Waals surface area contributed by atoms with Gasteiger partial charge in [-0.15, -0.1) is 11.3 Å². The number of carbonyl (C=O) groups excluding carboxylic acids is 1. The summed E-state index contributed by atoms with van der Waals surface area (Å²) in [4.78, 5) is 22.0. The zero-order valence-electron chi connectivity index (χ0n) is 13.4. The molecule has 24 heavy (non-hydrogen) atoms. The molecule has 0 unspecified atom stereocenters. The highest BCUT2D eigenvalue weighted by Crippen LogP contribution is 2.31. The fraction of sp³-hybridized carbons (Fsp3) is 0.167. The molecule has 0 saturated heterocycles. The molecule has 0 aliphatic carbocycles. The molecule has 5 nitrogen and oxygen atoms in total. The van der Waals surface area contributed by atoms with Gasteiger partial charge in [0, 0.05) is 6.20 Å². The number of thiazole rings is 1. The van der Waals surface area contributed by atoms with Crippen LogP contribution in [0.15, 0.2) is 48.7 Å². The van der Waals surface area contributed by atoms with Crippen LogP contribution in [0.25, 0.3) is 10.4 Å². The maximum atomic E-state index is 12.5. The van der Waals surface area contributed by atoms with Crippen molar-refractivity contribution >= 4 is 17.2 Å². The smallest absolute Gasteiger partial charge is 0.271 e. The number of aromatic nitrogens is 2. The topological polar surface area (TPSA) is 64.1 Å². The molecule has 0 spiro atoms. The van der Waals surface area contributed by atoms with Gasteiger partial charge >= 0.3 is 0 Å². The Morgan fingerprint density at radius 2 is 2.00 bits per heavy atom. The van der Waals surface area contributed by atoms with E-state index in [4.69, 9.17) is 4.74 Å². The first-order valence-electron chi connectivity index (χ1n) is 7.47. The van der Waals surface area contributed by atoms with E-state index in [1.807, 2.05) is 49.4 Å². The first-order chi connectivity index (χ1) is 11.7. The number of benzene rings is 1. The van der Waals surface area contributed by atoms with Crippen LogP contribution in [0, 0.1) is 6.92 Å². The molecule has 3 rings (SSSR count). The Labute approximate surface area is 144 Å². The van der Waals surface area contributed by atoms with E-state index in [9.17, 15) is 4.79 Å². The number of pyridine rings is 1. The number of ether oxygens (including phenoxy) is 1. The van der Waals surface area contributed by atoms with Crippen LogP contribution in [-0.2, 0) is 6.54 Å². The van der Waals surface area contributed by atoms with Crippen molar-refractivity contribution in [3.63, 3.8) is 0 Å². The monoisotopic (exact) mass is 339 g/mol. The lowest BCUT2D eigenvalue weighted by atomic mass is 10.1. The van der Waals surface area contributed by atoms with Crippen molar-refractivity contribution < 1.29 is 9.53 Å². The second-order valence-electron chi connectivity index (χ2n) is 5.14. The van der Waals surface area contributed by atoms with Gasteiger partial charge in [0.25, 0.3) is 5.91 Å². The molecule has 1 amide bonds. The van der Waals surface area contributed by atoms with E-state index in [1.165, 1.54) is 11.3 Å². The first-order valence-corrected chi connectivity index (χ1v) is 8.29. The van der Waals surface area contributed by atoms with Gasteiger partial charge in [0.05, 0.1) is 29.2 Å². The number of rotatable bonds is 5. The minimum absolute atomic E-state index is 0.198. The quantitative estimate of drug-likeness (QED) is 0.773. The van der Waals surface area contributed by atoms with E-state index in [-0.39, 0.29) is 5.91 Å². The van der Waals surface area contributed by atoms with Crippen LogP contribution in [0.4, 0.5) is 0 Å². The second-order valence-corrected chi connectivity index (χ2v) is 6.35. The normalized spacial score (nSPS) is 10.4. The Hall–Kier alpha value is -2.73. The summed E-state index contributed by atoms with van der Waals surface area (Å²) in [5.74, 6) is 0.581. The van der Waals surface area contributed by atoms with Crippen LogP contribution in [-0.4, -0.2) is 23.0 Å². The van der Waals surface area contributed by atoms with Gasteiger partial charge in [-0.25, -0.2) is 4.98 Å². The lowest BCUT2D eigenvalue weighted by Gasteiger charge is -2.06. The molecule has 6 heteroatoms. The molecular formula is C18H17N3O2S. The number of aryl methyl sites for hydroxylation is 1. The summed E-state index contributed by atoms with van der Waals surface area (Å²) in [6, 6.07) is 13.2. The zero-order chi connectivity index (χ0) is 16.9. The number of nitrogens with one attached hydrogen (secondary N) is 1. The van der Waals surface area contributed by atoms with Gasteiger partial charge in [-0.3, -0.25) is 9.78 Å². The molecule has 0 saturated carbocycles. The maximum Gasteiger partial charge on any atom is 0.271 e. The van der Waals surface area contributed by atoms with Crippen LogP contribution in [0.1, 0.15) is 21.2 Å². The third kappa shape index (κ3) is 3.60.